The van der Waals surface area contributed by atoms with E-state index >= 15 is 0 Å². The van der Waals surface area contributed by atoms with Gasteiger partial charge in [-0.3, -0.25) is 0 Å². The fourth-order valence-electron chi connectivity index (χ4n) is 2.53. The molecular weight excluding hydrogens is 224 g/mol. The summed E-state index contributed by atoms with van der Waals surface area (Å²) in [7, 11) is 0. The van der Waals surface area contributed by atoms with Crippen molar-refractivity contribution in [1.82, 2.24) is 0 Å². The van der Waals surface area contributed by atoms with E-state index in [1.807, 2.05) is 30.3 Å². The molecule has 0 saturated carbocycles. The minimum Gasteiger partial charge on any atom is -0.392 e. The van der Waals surface area contributed by atoms with Crippen molar-refractivity contribution in [3.8, 4) is 0 Å². The summed E-state index contributed by atoms with van der Waals surface area (Å²) >= 11 is 0. The quantitative estimate of drug-likeness (QED) is 0.674. The van der Waals surface area contributed by atoms with Crippen LogP contribution < -0.4 is 0 Å². The summed E-state index contributed by atoms with van der Waals surface area (Å²) in [6.45, 7) is -0.0930. The van der Waals surface area contributed by atoms with Gasteiger partial charge in [-0.25, -0.2) is 0 Å². The van der Waals surface area contributed by atoms with E-state index in [2.05, 4.69) is 18.2 Å². The Kier molecular flexibility index (Phi) is 2.74. The topological polar surface area (TPSA) is 40.5 Å². The summed E-state index contributed by atoms with van der Waals surface area (Å²) in [6, 6.07) is 16.2. The second-order valence-corrected chi connectivity index (χ2v) is 4.40. The molecule has 0 bridgehead atoms. The highest BCUT2D eigenvalue weighted by Gasteiger charge is 2.08. The van der Waals surface area contributed by atoms with E-state index < -0.39 is 0 Å². The highest BCUT2D eigenvalue weighted by molar-refractivity contribution is 6.08. The Hall–Kier alpha value is -1.90. The molecule has 0 heterocycles. The van der Waals surface area contributed by atoms with Crippen LogP contribution in [0.25, 0.3) is 21.5 Å². The molecule has 3 aromatic rings. The van der Waals surface area contributed by atoms with Crippen LogP contribution >= 0.6 is 0 Å². The molecule has 3 rings (SSSR count). The largest absolute Gasteiger partial charge is 0.392 e. The van der Waals surface area contributed by atoms with Crippen LogP contribution in [0.5, 0.6) is 0 Å². The molecule has 0 aliphatic carbocycles. The van der Waals surface area contributed by atoms with Gasteiger partial charge in [0.05, 0.1) is 13.2 Å². The molecule has 0 spiro atoms. The van der Waals surface area contributed by atoms with Gasteiger partial charge in [-0.2, -0.15) is 0 Å². The predicted octanol–water partition coefficient (Wildman–Crippen LogP) is 2.98. The van der Waals surface area contributed by atoms with Gasteiger partial charge < -0.3 is 10.2 Å². The third-order valence-electron chi connectivity index (χ3n) is 3.46. The molecule has 2 N–H and O–H groups in total. The first-order valence-electron chi connectivity index (χ1n) is 5.99. The fraction of sp³-hybridized carbons (Fsp3) is 0.125. The first-order chi connectivity index (χ1) is 8.85. The van der Waals surface area contributed by atoms with Crippen LogP contribution in [0.1, 0.15) is 11.1 Å². The summed E-state index contributed by atoms with van der Waals surface area (Å²) in [5.74, 6) is 0. The maximum atomic E-state index is 9.51. The molecule has 0 aromatic heterocycles. The van der Waals surface area contributed by atoms with Crippen molar-refractivity contribution in [3.63, 3.8) is 0 Å². The standard InChI is InChI=1S/C16H14O2/c17-9-12-6-8-14-13-4-2-1-3-11(13)5-7-15(14)16(12)10-18/h1-8,17-18H,9-10H2. The lowest BCUT2D eigenvalue weighted by Crippen LogP contribution is -1.95. The molecule has 0 saturated heterocycles. The van der Waals surface area contributed by atoms with E-state index in [0.29, 0.717) is 0 Å². The third-order valence-corrected chi connectivity index (χ3v) is 3.46. The molecule has 18 heavy (non-hydrogen) atoms. The van der Waals surface area contributed by atoms with E-state index in [0.717, 1.165) is 21.9 Å². The van der Waals surface area contributed by atoms with Gasteiger partial charge >= 0.3 is 0 Å². The lowest BCUT2D eigenvalue weighted by molar-refractivity contribution is 0.261. The van der Waals surface area contributed by atoms with Crippen molar-refractivity contribution >= 4 is 21.5 Å². The molecule has 3 aromatic carbocycles. The van der Waals surface area contributed by atoms with E-state index in [1.54, 1.807) is 0 Å². The van der Waals surface area contributed by atoms with E-state index in [4.69, 9.17) is 0 Å². The van der Waals surface area contributed by atoms with Crippen LogP contribution in [-0.2, 0) is 13.2 Å². The second kappa shape index (κ2) is 4.41. The van der Waals surface area contributed by atoms with Crippen molar-refractivity contribution in [2.75, 3.05) is 0 Å². The molecule has 0 atom stereocenters. The van der Waals surface area contributed by atoms with Crippen LogP contribution in [0, 0.1) is 0 Å². The van der Waals surface area contributed by atoms with Gasteiger partial charge in [0.25, 0.3) is 0 Å². The Morgan fingerprint density at radius 3 is 2.22 bits per heavy atom. The van der Waals surface area contributed by atoms with Gasteiger partial charge in [0.2, 0.25) is 0 Å². The van der Waals surface area contributed by atoms with Crippen LogP contribution in [0.2, 0.25) is 0 Å². The average molecular weight is 238 g/mol. The zero-order valence-corrected chi connectivity index (χ0v) is 9.93. The lowest BCUT2D eigenvalue weighted by Gasteiger charge is -2.11. The monoisotopic (exact) mass is 238 g/mol. The van der Waals surface area contributed by atoms with Crippen molar-refractivity contribution < 1.29 is 10.2 Å². The minimum atomic E-state index is -0.0500. The number of hydrogen-bond acceptors (Lipinski definition) is 2. The number of aliphatic hydroxyl groups excluding tert-OH is 2. The smallest absolute Gasteiger partial charge is 0.0691 e. The number of rotatable bonds is 2. The van der Waals surface area contributed by atoms with E-state index in [-0.39, 0.29) is 13.2 Å². The Morgan fingerprint density at radius 1 is 0.667 bits per heavy atom. The maximum absolute atomic E-state index is 9.51. The molecular formula is C16H14O2. The highest BCUT2D eigenvalue weighted by atomic mass is 16.3. The molecule has 0 aliphatic rings. The van der Waals surface area contributed by atoms with Gasteiger partial charge in [0.15, 0.2) is 0 Å². The first kappa shape index (κ1) is 11.2. The van der Waals surface area contributed by atoms with E-state index in [9.17, 15) is 10.2 Å². The fourth-order valence-corrected chi connectivity index (χ4v) is 2.53. The molecule has 0 amide bonds. The maximum Gasteiger partial charge on any atom is 0.0691 e. The van der Waals surface area contributed by atoms with Crippen molar-refractivity contribution in [1.29, 1.82) is 0 Å². The highest BCUT2D eigenvalue weighted by Crippen LogP contribution is 2.29. The SMILES string of the molecule is OCc1ccc2c(ccc3ccccc32)c1CO. The van der Waals surface area contributed by atoms with Gasteiger partial charge in [0.1, 0.15) is 0 Å². The molecule has 0 radical (unpaired) electrons. The molecule has 0 unspecified atom stereocenters. The number of aliphatic hydroxyl groups is 2. The number of fused-ring (bicyclic) bond motifs is 3. The zero-order valence-electron chi connectivity index (χ0n) is 9.93. The average Bonchev–Trinajstić information content (AvgIpc) is 2.45. The predicted molar refractivity (Wildman–Crippen MR) is 73.3 cm³/mol. The van der Waals surface area contributed by atoms with Gasteiger partial charge in [-0.1, -0.05) is 48.5 Å². The van der Waals surface area contributed by atoms with Crippen LogP contribution in [-0.4, -0.2) is 10.2 Å². The summed E-state index contributed by atoms with van der Waals surface area (Å²) in [6.07, 6.45) is 0. The summed E-state index contributed by atoms with van der Waals surface area (Å²) in [4.78, 5) is 0. The van der Waals surface area contributed by atoms with Crippen molar-refractivity contribution in [2.45, 2.75) is 13.2 Å². The van der Waals surface area contributed by atoms with Crippen molar-refractivity contribution in [2.24, 2.45) is 0 Å². The summed E-state index contributed by atoms with van der Waals surface area (Å²) in [5.41, 5.74) is 1.61. The molecule has 90 valence electrons. The van der Waals surface area contributed by atoms with Crippen LogP contribution in [0.15, 0.2) is 48.5 Å². The minimum absolute atomic E-state index is 0.0430. The second-order valence-electron chi connectivity index (χ2n) is 4.40. The van der Waals surface area contributed by atoms with E-state index in [1.165, 1.54) is 10.8 Å². The zero-order chi connectivity index (χ0) is 12.5. The summed E-state index contributed by atoms with van der Waals surface area (Å²) < 4.78 is 0. The first-order valence-corrected chi connectivity index (χ1v) is 5.99. The number of hydrogen-bond donors (Lipinski definition) is 2. The van der Waals surface area contributed by atoms with Gasteiger partial charge in [-0.05, 0) is 32.7 Å². The van der Waals surface area contributed by atoms with Crippen LogP contribution in [0.3, 0.4) is 0 Å². The lowest BCUT2D eigenvalue weighted by atomic mass is 9.95. The van der Waals surface area contributed by atoms with Gasteiger partial charge in [-0.15, -0.1) is 0 Å². The van der Waals surface area contributed by atoms with Gasteiger partial charge in [0, 0.05) is 0 Å². The Bertz CT molecular complexity index is 717. The number of benzene rings is 3. The Labute approximate surface area is 105 Å². The molecule has 0 aliphatic heterocycles. The van der Waals surface area contributed by atoms with Crippen molar-refractivity contribution in [3.05, 3.63) is 59.7 Å². The Balaban J connectivity index is 2.46. The van der Waals surface area contributed by atoms with Crippen LogP contribution in [0.4, 0.5) is 0 Å². The normalized spacial score (nSPS) is 11.2. The molecule has 2 heteroatoms. The third kappa shape index (κ3) is 1.58. The summed E-state index contributed by atoms with van der Waals surface area (Å²) in [5, 5.41) is 23.3. The Morgan fingerprint density at radius 2 is 1.44 bits per heavy atom. The molecule has 0 fully saturated rings. The molecule has 2 nitrogen and oxygen atoms in total.